The third-order valence-corrected chi connectivity index (χ3v) is 5.40. The first kappa shape index (κ1) is 19.1. The topological polar surface area (TPSA) is 81.4 Å². The summed E-state index contributed by atoms with van der Waals surface area (Å²) in [6.07, 6.45) is 0.916. The number of nitrogens with zero attached hydrogens (tertiary/aromatic N) is 4. The second-order valence-corrected chi connectivity index (χ2v) is 7.66. The van der Waals surface area contributed by atoms with Crippen molar-refractivity contribution in [2.75, 3.05) is 11.9 Å². The number of benzene rings is 2. The standard InChI is InChI=1S/C21H21N5O2S/c1-4-10-28-17-7-5-6-15(11-17)19(27)22-18-12-16(9-8-13(18)2)20-25-26-14(3)23-24-21(26)29-20/h5-9,11-12H,4,10H2,1-3H3,(H,22,27). The summed E-state index contributed by atoms with van der Waals surface area (Å²) < 4.78 is 7.35. The zero-order valence-electron chi connectivity index (χ0n) is 16.5. The molecule has 2 aromatic heterocycles. The predicted octanol–water partition coefficient (Wildman–Crippen LogP) is 4.51. The molecule has 8 heteroatoms. The third-order valence-electron chi connectivity index (χ3n) is 4.45. The van der Waals surface area contributed by atoms with Crippen LogP contribution in [0, 0.1) is 13.8 Å². The number of amides is 1. The number of carbonyl (C=O) groups excluding carboxylic acids is 1. The Hall–Kier alpha value is -3.26. The maximum Gasteiger partial charge on any atom is 0.255 e. The summed E-state index contributed by atoms with van der Waals surface area (Å²) in [6.45, 7) is 6.49. The van der Waals surface area contributed by atoms with Gasteiger partial charge in [-0.05, 0) is 50.1 Å². The normalized spacial score (nSPS) is 11.0. The Morgan fingerprint density at radius 1 is 1.17 bits per heavy atom. The van der Waals surface area contributed by atoms with Crippen LogP contribution >= 0.6 is 11.3 Å². The highest BCUT2D eigenvalue weighted by molar-refractivity contribution is 7.19. The number of anilines is 1. The van der Waals surface area contributed by atoms with Gasteiger partial charge >= 0.3 is 0 Å². The molecule has 0 unspecified atom stereocenters. The van der Waals surface area contributed by atoms with Gasteiger partial charge in [0.15, 0.2) is 5.82 Å². The Kier molecular flexibility index (Phi) is 5.26. The monoisotopic (exact) mass is 407 g/mol. The maximum absolute atomic E-state index is 12.8. The first-order valence-electron chi connectivity index (χ1n) is 9.39. The highest BCUT2D eigenvalue weighted by Crippen LogP contribution is 2.29. The summed E-state index contributed by atoms with van der Waals surface area (Å²) in [4.78, 5) is 13.5. The zero-order valence-corrected chi connectivity index (χ0v) is 17.3. The molecule has 0 saturated carbocycles. The van der Waals surface area contributed by atoms with Crippen LogP contribution in [0.3, 0.4) is 0 Å². The fourth-order valence-corrected chi connectivity index (χ4v) is 3.74. The number of carbonyl (C=O) groups is 1. The molecule has 0 fully saturated rings. The molecule has 0 aliphatic rings. The van der Waals surface area contributed by atoms with Gasteiger partial charge in [0.25, 0.3) is 5.91 Å². The van der Waals surface area contributed by atoms with Crippen LogP contribution < -0.4 is 10.1 Å². The zero-order chi connectivity index (χ0) is 20.4. The number of aryl methyl sites for hydroxylation is 2. The second kappa shape index (κ2) is 8.00. The number of aromatic nitrogens is 4. The van der Waals surface area contributed by atoms with Crippen molar-refractivity contribution in [2.24, 2.45) is 0 Å². The van der Waals surface area contributed by atoms with Gasteiger partial charge < -0.3 is 10.1 Å². The molecule has 29 heavy (non-hydrogen) atoms. The van der Waals surface area contributed by atoms with E-state index in [1.54, 1.807) is 16.6 Å². The minimum atomic E-state index is -0.179. The van der Waals surface area contributed by atoms with Gasteiger partial charge in [0.2, 0.25) is 4.96 Å². The predicted molar refractivity (Wildman–Crippen MR) is 114 cm³/mol. The average molecular weight is 407 g/mol. The van der Waals surface area contributed by atoms with Crippen molar-refractivity contribution in [3.8, 4) is 16.3 Å². The van der Waals surface area contributed by atoms with E-state index in [0.29, 0.717) is 17.9 Å². The molecule has 0 saturated heterocycles. The number of fused-ring (bicyclic) bond motifs is 1. The third kappa shape index (κ3) is 3.97. The molecule has 2 aromatic carbocycles. The van der Waals surface area contributed by atoms with Crippen molar-refractivity contribution in [1.82, 2.24) is 19.8 Å². The van der Waals surface area contributed by atoms with Gasteiger partial charge in [-0.3, -0.25) is 4.79 Å². The van der Waals surface area contributed by atoms with E-state index in [2.05, 4.69) is 20.6 Å². The maximum atomic E-state index is 12.8. The summed E-state index contributed by atoms with van der Waals surface area (Å²) in [6, 6.07) is 13.1. The molecular formula is C21H21N5O2S. The molecule has 0 atom stereocenters. The molecule has 148 valence electrons. The van der Waals surface area contributed by atoms with Crippen molar-refractivity contribution in [1.29, 1.82) is 0 Å². The molecular weight excluding hydrogens is 386 g/mol. The van der Waals surface area contributed by atoms with Gasteiger partial charge in [0.05, 0.1) is 6.61 Å². The van der Waals surface area contributed by atoms with Gasteiger partial charge in [-0.2, -0.15) is 9.61 Å². The summed E-state index contributed by atoms with van der Waals surface area (Å²) in [5.41, 5.74) is 3.19. The van der Waals surface area contributed by atoms with E-state index in [4.69, 9.17) is 4.74 Å². The number of hydrogen-bond donors (Lipinski definition) is 1. The highest BCUT2D eigenvalue weighted by Gasteiger charge is 2.14. The van der Waals surface area contributed by atoms with Gasteiger partial charge in [-0.1, -0.05) is 36.5 Å². The van der Waals surface area contributed by atoms with Crippen molar-refractivity contribution in [3.05, 3.63) is 59.4 Å². The Balaban J connectivity index is 1.58. The fraction of sp³-hybridized carbons (Fsp3) is 0.238. The van der Waals surface area contributed by atoms with E-state index < -0.39 is 0 Å². The number of hydrogen-bond acceptors (Lipinski definition) is 6. The molecule has 0 radical (unpaired) electrons. The molecule has 0 aliphatic heterocycles. The van der Waals surface area contributed by atoms with Crippen LogP contribution in [0.4, 0.5) is 5.69 Å². The summed E-state index contributed by atoms with van der Waals surface area (Å²) in [5.74, 6) is 1.26. The number of rotatable bonds is 6. The summed E-state index contributed by atoms with van der Waals surface area (Å²) in [7, 11) is 0. The minimum Gasteiger partial charge on any atom is -0.494 e. The Morgan fingerprint density at radius 2 is 2.03 bits per heavy atom. The lowest BCUT2D eigenvalue weighted by Crippen LogP contribution is -2.13. The van der Waals surface area contributed by atoms with E-state index in [1.807, 2.05) is 51.1 Å². The average Bonchev–Trinajstić information content (AvgIpc) is 3.30. The van der Waals surface area contributed by atoms with E-state index in [9.17, 15) is 4.79 Å². The van der Waals surface area contributed by atoms with Crippen molar-refractivity contribution < 1.29 is 9.53 Å². The van der Waals surface area contributed by atoms with E-state index >= 15 is 0 Å². The second-order valence-electron chi connectivity index (χ2n) is 6.71. The minimum absolute atomic E-state index is 0.179. The van der Waals surface area contributed by atoms with Crippen molar-refractivity contribution in [3.63, 3.8) is 0 Å². The molecule has 0 spiro atoms. The number of nitrogens with one attached hydrogen (secondary N) is 1. The Bertz CT molecular complexity index is 1180. The van der Waals surface area contributed by atoms with Crippen molar-refractivity contribution >= 4 is 27.9 Å². The molecule has 0 aliphatic carbocycles. The molecule has 0 bridgehead atoms. The van der Waals surface area contributed by atoms with Gasteiger partial charge in [-0.15, -0.1) is 10.2 Å². The van der Waals surface area contributed by atoms with Crippen LogP contribution in [-0.4, -0.2) is 32.3 Å². The molecule has 1 N–H and O–H groups in total. The van der Waals surface area contributed by atoms with Crippen LogP contribution in [0.2, 0.25) is 0 Å². The van der Waals surface area contributed by atoms with E-state index in [1.165, 1.54) is 11.3 Å². The van der Waals surface area contributed by atoms with E-state index in [-0.39, 0.29) is 5.91 Å². The lowest BCUT2D eigenvalue weighted by Gasteiger charge is -2.11. The Labute approximate surface area is 172 Å². The van der Waals surface area contributed by atoms with Crippen LogP contribution in [0.15, 0.2) is 42.5 Å². The van der Waals surface area contributed by atoms with Crippen LogP contribution in [0.25, 0.3) is 15.5 Å². The summed E-state index contributed by atoms with van der Waals surface area (Å²) in [5, 5.41) is 16.5. The quantitative estimate of drug-likeness (QED) is 0.508. The first-order chi connectivity index (χ1) is 14.0. The fourth-order valence-electron chi connectivity index (χ4n) is 2.86. The van der Waals surface area contributed by atoms with Gasteiger partial charge in [0, 0.05) is 16.8 Å². The molecule has 1 amide bonds. The first-order valence-corrected chi connectivity index (χ1v) is 10.2. The highest BCUT2D eigenvalue weighted by atomic mass is 32.1. The van der Waals surface area contributed by atoms with Crippen molar-refractivity contribution in [2.45, 2.75) is 27.2 Å². The smallest absolute Gasteiger partial charge is 0.255 e. The molecule has 4 rings (SSSR count). The summed E-state index contributed by atoms with van der Waals surface area (Å²) >= 11 is 1.46. The van der Waals surface area contributed by atoms with Crippen LogP contribution in [-0.2, 0) is 0 Å². The molecule has 7 nitrogen and oxygen atoms in total. The van der Waals surface area contributed by atoms with Gasteiger partial charge in [0.1, 0.15) is 10.8 Å². The number of ether oxygens (including phenoxy) is 1. The van der Waals surface area contributed by atoms with Gasteiger partial charge in [-0.25, -0.2) is 0 Å². The van der Waals surface area contributed by atoms with E-state index in [0.717, 1.165) is 39.0 Å². The Morgan fingerprint density at radius 3 is 2.83 bits per heavy atom. The lowest BCUT2D eigenvalue weighted by molar-refractivity contribution is 0.102. The largest absolute Gasteiger partial charge is 0.494 e. The molecule has 4 aromatic rings. The SMILES string of the molecule is CCCOc1cccc(C(=O)Nc2cc(-c3nn4c(C)nnc4s3)ccc2C)c1. The lowest BCUT2D eigenvalue weighted by atomic mass is 10.1. The van der Waals surface area contributed by atoms with Crippen LogP contribution in [0.5, 0.6) is 5.75 Å². The molecule has 2 heterocycles. The van der Waals surface area contributed by atoms with Crippen LogP contribution in [0.1, 0.15) is 35.1 Å².